The molecule has 4 heteroatoms. The summed E-state index contributed by atoms with van der Waals surface area (Å²) in [6.07, 6.45) is 0. The maximum atomic E-state index is 11.8. The molecule has 0 saturated heterocycles. The summed E-state index contributed by atoms with van der Waals surface area (Å²) < 4.78 is 0. The highest BCUT2D eigenvalue weighted by Crippen LogP contribution is 2.17. The monoisotopic (exact) mass is 222 g/mol. The Morgan fingerprint density at radius 3 is 2.27 bits per heavy atom. The van der Waals surface area contributed by atoms with Gasteiger partial charge in [0.2, 0.25) is 5.91 Å². The Hall–Kier alpha value is -1.42. The van der Waals surface area contributed by atoms with E-state index in [1.54, 1.807) is 14.1 Å². The molecule has 1 rings (SSSR count). The second kappa shape index (κ2) is 4.89. The summed E-state index contributed by atoms with van der Waals surface area (Å²) >= 11 is 4.92. The predicted octanol–water partition coefficient (Wildman–Crippen LogP) is 1.14. The Labute approximate surface area is 94.9 Å². The van der Waals surface area contributed by atoms with Crippen molar-refractivity contribution in [3.8, 4) is 0 Å². The number of rotatable bonds is 3. The maximum Gasteiger partial charge on any atom is 0.236 e. The number of benzene rings is 1. The summed E-state index contributed by atoms with van der Waals surface area (Å²) in [6, 6.07) is 9.32. The molecule has 0 spiro atoms. The number of carbonyl (C=O) groups is 1. The highest BCUT2D eigenvalue weighted by molar-refractivity contribution is 7.80. The van der Waals surface area contributed by atoms with Crippen LogP contribution in [0.5, 0.6) is 0 Å². The highest BCUT2D eigenvalue weighted by Gasteiger charge is 2.24. The third-order valence-corrected chi connectivity index (χ3v) is 2.34. The molecule has 0 heterocycles. The van der Waals surface area contributed by atoms with E-state index in [2.05, 4.69) is 0 Å². The second-order valence-electron chi connectivity index (χ2n) is 3.48. The fraction of sp³-hybridized carbons (Fsp3) is 0.273. The van der Waals surface area contributed by atoms with E-state index in [1.165, 1.54) is 4.90 Å². The Kier molecular flexibility index (Phi) is 3.80. The van der Waals surface area contributed by atoms with Crippen molar-refractivity contribution in [3.05, 3.63) is 35.9 Å². The third kappa shape index (κ3) is 2.76. The molecule has 1 unspecified atom stereocenters. The average Bonchev–Trinajstić information content (AvgIpc) is 2.18. The Morgan fingerprint density at radius 2 is 1.87 bits per heavy atom. The van der Waals surface area contributed by atoms with Gasteiger partial charge < -0.3 is 10.6 Å². The average molecular weight is 222 g/mol. The molecule has 0 aliphatic carbocycles. The molecule has 0 radical (unpaired) electrons. The van der Waals surface area contributed by atoms with E-state index in [0.717, 1.165) is 5.56 Å². The summed E-state index contributed by atoms with van der Waals surface area (Å²) in [7, 11) is 3.38. The van der Waals surface area contributed by atoms with Crippen LogP contribution in [0.3, 0.4) is 0 Å². The van der Waals surface area contributed by atoms with E-state index in [4.69, 9.17) is 18.0 Å². The smallest absolute Gasteiger partial charge is 0.236 e. The standard InChI is InChI=1S/C11H14N2OS/c1-13(2)11(14)9(10(12)15)8-6-4-3-5-7-8/h3-7,9H,1-2H3,(H2,12,15). The minimum atomic E-state index is -0.517. The van der Waals surface area contributed by atoms with Crippen LogP contribution in [0.15, 0.2) is 30.3 Å². The minimum Gasteiger partial charge on any atom is -0.392 e. The fourth-order valence-electron chi connectivity index (χ4n) is 1.33. The quantitative estimate of drug-likeness (QED) is 0.780. The Morgan fingerprint density at radius 1 is 1.33 bits per heavy atom. The van der Waals surface area contributed by atoms with Crippen LogP contribution in [0.25, 0.3) is 0 Å². The first kappa shape index (κ1) is 11.7. The first-order valence-electron chi connectivity index (χ1n) is 4.59. The van der Waals surface area contributed by atoms with Crippen LogP contribution in [0.1, 0.15) is 11.5 Å². The summed E-state index contributed by atoms with van der Waals surface area (Å²) in [5.41, 5.74) is 6.43. The van der Waals surface area contributed by atoms with Crippen LogP contribution in [-0.4, -0.2) is 29.9 Å². The van der Waals surface area contributed by atoms with Crippen molar-refractivity contribution >= 4 is 23.1 Å². The zero-order valence-corrected chi connectivity index (χ0v) is 9.62. The van der Waals surface area contributed by atoms with Crippen LogP contribution in [0.2, 0.25) is 0 Å². The van der Waals surface area contributed by atoms with Crippen molar-refractivity contribution in [3.63, 3.8) is 0 Å². The normalized spacial score (nSPS) is 11.9. The number of nitrogens with two attached hydrogens (primary N) is 1. The first-order chi connectivity index (χ1) is 7.04. The lowest BCUT2D eigenvalue weighted by Gasteiger charge is -2.19. The lowest BCUT2D eigenvalue weighted by atomic mass is 9.98. The number of nitrogens with zero attached hydrogens (tertiary/aromatic N) is 1. The number of likely N-dealkylation sites (N-methyl/N-ethyl adjacent to an activating group) is 1. The molecule has 0 aliphatic rings. The Balaban J connectivity index is 3.05. The van der Waals surface area contributed by atoms with E-state index in [0.29, 0.717) is 0 Å². The molecule has 2 N–H and O–H groups in total. The molecular formula is C11H14N2OS. The first-order valence-corrected chi connectivity index (χ1v) is 5.00. The van der Waals surface area contributed by atoms with Gasteiger partial charge in [0.1, 0.15) is 5.92 Å². The molecule has 0 aliphatic heterocycles. The Bertz CT molecular complexity index is 362. The molecule has 0 aromatic heterocycles. The molecule has 15 heavy (non-hydrogen) atoms. The van der Waals surface area contributed by atoms with Gasteiger partial charge in [0.15, 0.2) is 0 Å². The summed E-state index contributed by atoms with van der Waals surface area (Å²) in [6.45, 7) is 0. The molecule has 1 atom stereocenters. The number of carbonyl (C=O) groups excluding carboxylic acids is 1. The van der Waals surface area contributed by atoms with E-state index in [1.807, 2.05) is 30.3 Å². The largest absolute Gasteiger partial charge is 0.392 e. The number of hydrogen-bond acceptors (Lipinski definition) is 2. The van der Waals surface area contributed by atoms with Crippen LogP contribution >= 0.6 is 12.2 Å². The molecule has 80 valence electrons. The lowest BCUT2D eigenvalue weighted by molar-refractivity contribution is -0.128. The van der Waals surface area contributed by atoms with Crippen LogP contribution in [0, 0.1) is 0 Å². The van der Waals surface area contributed by atoms with Gasteiger partial charge in [-0.1, -0.05) is 42.5 Å². The SMILES string of the molecule is CN(C)C(=O)C(C(N)=S)c1ccccc1. The summed E-state index contributed by atoms with van der Waals surface area (Å²) in [5.74, 6) is -0.607. The predicted molar refractivity (Wildman–Crippen MR) is 64.7 cm³/mol. The van der Waals surface area contributed by atoms with Gasteiger partial charge in [0.25, 0.3) is 0 Å². The van der Waals surface area contributed by atoms with E-state index in [-0.39, 0.29) is 10.9 Å². The van der Waals surface area contributed by atoms with Crippen LogP contribution < -0.4 is 5.73 Å². The van der Waals surface area contributed by atoms with Crippen LogP contribution in [0.4, 0.5) is 0 Å². The number of thiocarbonyl (C=S) groups is 1. The topological polar surface area (TPSA) is 46.3 Å². The molecule has 0 fully saturated rings. The number of amides is 1. The van der Waals surface area contributed by atoms with Gasteiger partial charge in [-0.25, -0.2) is 0 Å². The molecular weight excluding hydrogens is 208 g/mol. The van der Waals surface area contributed by atoms with Crippen molar-refractivity contribution in [1.29, 1.82) is 0 Å². The van der Waals surface area contributed by atoms with Crippen molar-refractivity contribution < 1.29 is 4.79 Å². The van der Waals surface area contributed by atoms with Gasteiger partial charge in [-0.2, -0.15) is 0 Å². The van der Waals surface area contributed by atoms with Crippen molar-refractivity contribution in [2.24, 2.45) is 5.73 Å². The van der Waals surface area contributed by atoms with Gasteiger partial charge in [-0.15, -0.1) is 0 Å². The van der Waals surface area contributed by atoms with Gasteiger partial charge in [-0.05, 0) is 5.56 Å². The molecule has 0 saturated carbocycles. The van der Waals surface area contributed by atoms with Gasteiger partial charge in [0, 0.05) is 14.1 Å². The minimum absolute atomic E-state index is 0.0892. The number of hydrogen-bond donors (Lipinski definition) is 1. The molecule has 3 nitrogen and oxygen atoms in total. The zero-order valence-electron chi connectivity index (χ0n) is 8.81. The summed E-state index contributed by atoms with van der Waals surface area (Å²) in [4.78, 5) is 13.5. The van der Waals surface area contributed by atoms with Crippen molar-refractivity contribution in [2.45, 2.75) is 5.92 Å². The van der Waals surface area contributed by atoms with Crippen molar-refractivity contribution in [2.75, 3.05) is 14.1 Å². The molecule has 1 aromatic rings. The zero-order chi connectivity index (χ0) is 11.4. The van der Waals surface area contributed by atoms with Crippen molar-refractivity contribution in [1.82, 2.24) is 4.90 Å². The maximum absolute atomic E-state index is 11.8. The van der Waals surface area contributed by atoms with Crippen LogP contribution in [-0.2, 0) is 4.79 Å². The molecule has 1 amide bonds. The van der Waals surface area contributed by atoms with Gasteiger partial charge in [0.05, 0.1) is 4.99 Å². The third-order valence-electron chi connectivity index (χ3n) is 2.11. The van der Waals surface area contributed by atoms with Gasteiger partial charge in [-0.3, -0.25) is 4.79 Å². The second-order valence-corrected chi connectivity index (χ2v) is 3.95. The molecule has 0 bridgehead atoms. The summed E-state index contributed by atoms with van der Waals surface area (Å²) in [5, 5.41) is 0. The molecule has 1 aromatic carbocycles. The van der Waals surface area contributed by atoms with E-state index in [9.17, 15) is 4.79 Å². The highest BCUT2D eigenvalue weighted by atomic mass is 32.1. The fourth-order valence-corrected chi connectivity index (χ4v) is 1.57. The lowest BCUT2D eigenvalue weighted by Crippen LogP contribution is -2.35. The van der Waals surface area contributed by atoms with E-state index < -0.39 is 5.92 Å². The van der Waals surface area contributed by atoms with E-state index >= 15 is 0 Å². The van der Waals surface area contributed by atoms with Gasteiger partial charge >= 0.3 is 0 Å².